The van der Waals surface area contributed by atoms with E-state index >= 15 is 0 Å². The zero-order chi connectivity index (χ0) is 15.0. The summed E-state index contributed by atoms with van der Waals surface area (Å²) < 4.78 is 5.23. The summed E-state index contributed by atoms with van der Waals surface area (Å²) in [5.74, 6) is 0.202. The minimum Gasteiger partial charge on any atom is -0.484 e. The van der Waals surface area contributed by atoms with E-state index in [1.165, 1.54) is 5.56 Å². The molecule has 0 aliphatic heterocycles. The van der Waals surface area contributed by atoms with Gasteiger partial charge in [0, 0.05) is 12.6 Å². The molecule has 1 aromatic rings. The molecule has 0 radical (unpaired) electrons. The van der Waals surface area contributed by atoms with Crippen LogP contribution in [0, 0.1) is 10.8 Å². The molecule has 0 atom stereocenters. The summed E-state index contributed by atoms with van der Waals surface area (Å²) in [6.07, 6.45) is 0. The molecule has 4 heteroatoms. The number of nitrogens with one attached hydrogen (secondary N) is 1. The van der Waals surface area contributed by atoms with Crippen LogP contribution >= 0.6 is 0 Å². The fourth-order valence-corrected chi connectivity index (χ4v) is 2.78. The first-order chi connectivity index (χ1) is 9.25. The normalized spacial score (nSPS) is 19.6. The first-order valence-corrected chi connectivity index (χ1v) is 6.98. The van der Waals surface area contributed by atoms with Gasteiger partial charge < -0.3 is 15.8 Å². The van der Waals surface area contributed by atoms with E-state index in [1.54, 1.807) is 0 Å². The van der Waals surface area contributed by atoms with Gasteiger partial charge in [-0.2, -0.15) is 0 Å². The standard InChI is InChI=1S/C16H24N2O2/c1-15(2)14(16(15,3)4)18-9-11-5-7-12(8-6-11)20-10-13(17)19/h5-8,14,18H,9-10H2,1-4H3,(H2,17,19). The van der Waals surface area contributed by atoms with E-state index in [0.29, 0.717) is 22.6 Å². The molecular formula is C16H24N2O2. The van der Waals surface area contributed by atoms with E-state index in [1.807, 2.05) is 24.3 Å². The molecule has 1 fully saturated rings. The minimum atomic E-state index is -0.464. The largest absolute Gasteiger partial charge is 0.484 e. The fraction of sp³-hybridized carbons (Fsp3) is 0.562. The number of amides is 1. The number of hydrogen-bond acceptors (Lipinski definition) is 3. The van der Waals surface area contributed by atoms with Crippen LogP contribution in [0.3, 0.4) is 0 Å². The lowest BCUT2D eigenvalue weighted by molar-refractivity contribution is -0.119. The SMILES string of the molecule is CC1(C)C(NCc2ccc(OCC(N)=O)cc2)C1(C)C. The third kappa shape index (κ3) is 2.80. The van der Waals surface area contributed by atoms with Crippen molar-refractivity contribution in [1.82, 2.24) is 5.32 Å². The molecular weight excluding hydrogens is 252 g/mol. The zero-order valence-electron chi connectivity index (χ0n) is 12.7. The zero-order valence-corrected chi connectivity index (χ0v) is 12.7. The average Bonchev–Trinajstić information content (AvgIpc) is 2.76. The van der Waals surface area contributed by atoms with Crippen molar-refractivity contribution in [2.45, 2.75) is 40.3 Å². The highest BCUT2D eigenvalue weighted by atomic mass is 16.5. The summed E-state index contributed by atoms with van der Waals surface area (Å²) in [5.41, 5.74) is 6.93. The number of ether oxygens (including phenoxy) is 1. The van der Waals surface area contributed by atoms with Crippen molar-refractivity contribution in [1.29, 1.82) is 0 Å². The Balaban J connectivity index is 1.85. The van der Waals surface area contributed by atoms with E-state index in [4.69, 9.17) is 10.5 Å². The molecule has 0 heterocycles. The third-order valence-corrected chi connectivity index (χ3v) is 4.84. The molecule has 1 aliphatic rings. The van der Waals surface area contributed by atoms with Crippen molar-refractivity contribution in [2.75, 3.05) is 6.61 Å². The van der Waals surface area contributed by atoms with Crippen LogP contribution in [0.25, 0.3) is 0 Å². The highest BCUT2D eigenvalue weighted by Gasteiger charge is 2.64. The molecule has 2 rings (SSSR count). The predicted molar refractivity (Wildman–Crippen MR) is 79.3 cm³/mol. The number of benzene rings is 1. The van der Waals surface area contributed by atoms with E-state index in [9.17, 15) is 4.79 Å². The quantitative estimate of drug-likeness (QED) is 0.836. The monoisotopic (exact) mass is 276 g/mol. The average molecular weight is 276 g/mol. The van der Waals surface area contributed by atoms with E-state index in [0.717, 1.165) is 6.54 Å². The smallest absolute Gasteiger partial charge is 0.255 e. The van der Waals surface area contributed by atoms with Crippen LogP contribution in [0.2, 0.25) is 0 Å². The van der Waals surface area contributed by atoms with Gasteiger partial charge in [-0.15, -0.1) is 0 Å². The second-order valence-corrected chi connectivity index (χ2v) is 6.66. The van der Waals surface area contributed by atoms with Crippen LogP contribution in [-0.4, -0.2) is 18.6 Å². The maximum absolute atomic E-state index is 10.6. The molecule has 0 saturated heterocycles. The Morgan fingerprint density at radius 1 is 1.20 bits per heavy atom. The van der Waals surface area contributed by atoms with Crippen molar-refractivity contribution in [3.8, 4) is 5.75 Å². The molecule has 0 unspecified atom stereocenters. The summed E-state index contributed by atoms with van der Waals surface area (Å²) >= 11 is 0. The summed E-state index contributed by atoms with van der Waals surface area (Å²) in [5, 5.41) is 3.61. The van der Waals surface area contributed by atoms with Crippen LogP contribution in [0.5, 0.6) is 5.75 Å². The van der Waals surface area contributed by atoms with Crippen molar-refractivity contribution in [3.63, 3.8) is 0 Å². The highest BCUT2D eigenvalue weighted by molar-refractivity contribution is 5.75. The fourth-order valence-electron chi connectivity index (χ4n) is 2.78. The number of rotatable bonds is 6. The van der Waals surface area contributed by atoms with Crippen LogP contribution < -0.4 is 15.8 Å². The number of nitrogens with two attached hydrogens (primary N) is 1. The second-order valence-electron chi connectivity index (χ2n) is 6.66. The lowest BCUT2D eigenvalue weighted by atomic mass is 10.0. The summed E-state index contributed by atoms with van der Waals surface area (Å²) in [6, 6.07) is 8.28. The van der Waals surface area contributed by atoms with Gasteiger partial charge in [0.2, 0.25) is 0 Å². The molecule has 3 N–H and O–H groups in total. The Labute approximate surface area is 120 Å². The number of primary amides is 1. The Morgan fingerprint density at radius 2 is 1.75 bits per heavy atom. The summed E-state index contributed by atoms with van der Waals surface area (Å²) in [7, 11) is 0. The van der Waals surface area contributed by atoms with E-state index < -0.39 is 5.91 Å². The topological polar surface area (TPSA) is 64.3 Å². The van der Waals surface area contributed by atoms with Crippen LogP contribution in [0.1, 0.15) is 33.3 Å². The van der Waals surface area contributed by atoms with Gasteiger partial charge >= 0.3 is 0 Å². The Bertz CT molecular complexity index is 478. The van der Waals surface area contributed by atoms with Crippen molar-refractivity contribution in [2.24, 2.45) is 16.6 Å². The molecule has 20 heavy (non-hydrogen) atoms. The number of carbonyl (C=O) groups excluding carboxylic acids is 1. The molecule has 4 nitrogen and oxygen atoms in total. The lowest BCUT2D eigenvalue weighted by Gasteiger charge is -2.08. The van der Waals surface area contributed by atoms with Gasteiger partial charge in [0.25, 0.3) is 5.91 Å². The molecule has 0 aromatic heterocycles. The van der Waals surface area contributed by atoms with E-state index in [2.05, 4.69) is 33.0 Å². The summed E-state index contributed by atoms with van der Waals surface area (Å²) in [4.78, 5) is 10.6. The van der Waals surface area contributed by atoms with Crippen LogP contribution in [0.4, 0.5) is 0 Å². The first-order valence-electron chi connectivity index (χ1n) is 6.98. The number of hydrogen-bond donors (Lipinski definition) is 2. The van der Waals surface area contributed by atoms with Gasteiger partial charge in [0.05, 0.1) is 0 Å². The molecule has 1 saturated carbocycles. The van der Waals surface area contributed by atoms with Gasteiger partial charge in [-0.05, 0) is 28.5 Å². The molecule has 1 aromatic carbocycles. The maximum Gasteiger partial charge on any atom is 0.255 e. The van der Waals surface area contributed by atoms with Crippen molar-refractivity contribution < 1.29 is 9.53 Å². The highest BCUT2D eigenvalue weighted by Crippen LogP contribution is 2.62. The Kier molecular flexibility index (Phi) is 3.78. The predicted octanol–water partition coefficient (Wildman–Crippen LogP) is 2.07. The molecule has 1 aliphatic carbocycles. The first kappa shape index (κ1) is 14.9. The van der Waals surface area contributed by atoms with Gasteiger partial charge in [-0.3, -0.25) is 4.79 Å². The molecule has 110 valence electrons. The number of carbonyl (C=O) groups is 1. The van der Waals surface area contributed by atoms with Crippen molar-refractivity contribution in [3.05, 3.63) is 29.8 Å². The van der Waals surface area contributed by atoms with Crippen LogP contribution in [0.15, 0.2) is 24.3 Å². The van der Waals surface area contributed by atoms with Gasteiger partial charge in [-0.1, -0.05) is 39.8 Å². The van der Waals surface area contributed by atoms with E-state index in [-0.39, 0.29) is 6.61 Å². The maximum atomic E-state index is 10.6. The summed E-state index contributed by atoms with van der Waals surface area (Å²) in [6.45, 7) is 9.95. The van der Waals surface area contributed by atoms with Crippen LogP contribution in [-0.2, 0) is 11.3 Å². The van der Waals surface area contributed by atoms with Gasteiger partial charge in [0.1, 0.15) is 5.75 Å². The van der Waals surface area contributed by atoms with Gasteiger partial charge in [-0.25, -0.2) is 0 Å². The molecule has 0 bridgehead atoms. The lowest BCUT2D eigenvalue weighted by Crippen LogP contribution is -2.21. The van der Waals surface area contributed by atoms with Gasteiger partial charge in [0.15, 0.2) is 6.61 Å². The minimum absolute atomic E-state index is 0.0813. The van der Waals surface area contributed by atoms with Crippen molar-refractivity contribution >= 4 is 5.91 Å². The third-order valence-electron chi connectivity index (χ3n) is 4.84. The second kappa shape index (κ2) is 5.09. The Hall–Kier alpha value is -1.55. The molecule has 0 spiro atoms. The Morgan fingerprint density at radius 3 is 2.20 bits per heavy atom. The molecule has 1 amide bonds.